The Labute approximate surface area is 119 Å². The van der Waals surface area contributed by atoms with Gasteiger partial charge in [0.1, 0.15) is 0 Å². The fourth-order valence-corrected chi connectivity index (χ4v) is 1.87. The van der Waals surface area contributed by atoms with Gasteiger partial charge < -0.3 is 15.7 Å². The van der Waals surface area contributed by atoms with Crippen LogP contribution in [-0.4, -0.2) is 29.7 Å². The molecule has 0 fully saturated rings. The summed E-state index contributed by atoms with van der Waals surface area (Å²) in [7, 11) is 0. The number of anilines is 1. The monoisotopic (exact) mass is 284 g/mol. The molecule has 19 heavy (non-hydrogen) atoms. The number of amides is 1. The van der Waals surface area contributed by atoms with Crippen LogP contribution in [0.4, 0.5) is 5.69 Å². The molecule has 0 saturated carbocycles. The van der Waals surface area contributed by atoms with E-state index >= 15 is 0 Å². The van der Waals surface area contributed by atoms with Gasteiger partial charge in [0.05, 0.1) is 12.1 Å². The van der Waals surface area contributed by atoms with Crippen LogP contribution in [0.5, 0.6) is 0 Å². The first kappa shape index (κ1) is 16.0. The van der Waals surface area contributed by atoms with E-state index in [1.807, 2.05) is 13.8 Å². The van der Waals surface area contributed by atoms with E-state index in [-0.39, 0.29) is 12.5 Å². The zero-order chi connectivity index (χ0) is 14.3. The molecular weight excluding hydrogens is 264 g/mol. The highest BCUT2D eigenvalue weighted by molar-refractivity contribution is 6.30. The third kappa shape index (κ3) is 5.59. The zero-order valence-electron chi connectivity index (χ0n) is 11.4. The number of benzene rings is 1. The van der Waals surface area contributed by atoms with Gasteiger partial charge in [0.25, 0.3) is 0 Å². The fraction of sp³-hybridized carbons (Fsp3) is 0.500. The molecule has 0 aromatic heterocycles. The summed E-state index contributed by atoms with van der Waals surface area (Å²) >= 11 is 5.83. The van der Waals surface area contributed by atoms with Crippen LogP contribution >= 0.6 is 11.6 Å². The molecule has 0 unspecified atom stereocenters. The summed E-state index contributed by atoms with van der Waals surface area (Å²) in [6.07, 6.45) is 1.32. The Morgan fingerprint density at radius 1 is 1.37 bits per heavy atom. The van der Waals surface area contributed by atoms with Gasteiger partial charge in [-0.25, -0.2) is 0 Å². The van der Waals surface area contributed by atoms with Crippen molar-refractivity contribution in [3.63, 3.8) is 0 Å². The number of halogens is 1. The van der Waals surface area contributed by atoms with E-state index in [1.54, 1.807) is 24.3 Å². The fourth-order valence-electron chi connectivity index (χ4n) is 1.68. The molecule has 106 valence electrons. The van der Waals surface area contributed by atoms with Crippen LogP contribution in [0, 0.1) is 0 Å². The van der Waals surface area contributed by atoms with E-state index in [0.717, 1.165) is 0 Å². The van der Waals surface area contributed by atoms with E-state index in [2.05, 4.69) is 10.6 Å². The van der Waals surface area contributed by atoms with Crippen molar-refractivity contribution in [2.24, 2.45) is 0 Å². The third-order valence-electron chi connectivity index (χ3n) is 3.16. The van der Waals surface area contributed by atoms with Gasteiger partial charge in [-0.15, -0.1) is 0 Å². The Morgan fingerprint density at radius 2 is 2.05 bits per heavy atom. The number of hydrogen-bond acceptors (Lipinski definition) is 3. The van der Waals surface area contributed by atoms with Crippen molar-refractivity contribution in [1.82, 2.24) is 5.32 Å². The van der Waals surface area contributed by atoms with Crippen LogP contribution in [-0.2, 0) is 4.79 Å². The van der Waals surface area contributed by atoms with Crippen molar-refractivity contribution in [3.05, 3.63) is 29.3 Å². The highest BCUT2D eigenvalue weighted by Crippen LogP contribution is 2.15. The normalized spacial score (nSPS) is 11.4. The largest absolute Gasteiger partial charge is 0.389 e. The molecule has 0 aliphatic rings. The molecule has 1 aromatic carbocycles. The van der Waals surface area contributed by atoms with E-state index in [9.17, 15) is 9.90 Å². The predicted molar refractivity (Wildman–Crippen MR) is 78.5 cm³/mol. The predicted octanol–water partition coefficient (Wildman–Crippen LogP) is 2.42. The Kier molecular flexibility index (Phi) is 6.28. The third-order valence-corrected chi connectivity index (χ3v) is 3.40. The molecule has 0 atom stereocenters. The lowest BCUT2D eigenvalue weighted by molar-refractivity contribution is -0.115. The molecule has 1 aromatic rings. The molecule has 0 bridgehead atoms. The van der Waals surface area contributed by atoms with Crippen molar-refractivity contribution in [2.45, 2.75) is 32.3 Å². The minimum Gasteiger partial charge on any atom is -0.389 e. The molecule has 1 amide bonds. The van der Waals surface area contributed by atoms with Gasteiger partial charge in [-0.05, 0) is 31.0 Å². The van der Waals surface area contributed by atoms with Crippen molar-refractivity contribution in [3.8, 4) is 0 Å². The molecule has 1 rings (SSSR count). The van der Waals surface area contributed by atoms with Crippen LogP contribution in [0.2, 0.25) is 5.02 Å². The quantitative estimate of drug-likeness (QED) is 0.721. The zero-order valence-corrected chi connectivity index (χ0v) is 12.1. The first-order valence-corrected chi connectivity index (χ1v) is 6.85. The molecule has 3 N–H and O–H groups in total. The Morgan fingerprint density at radius 3 is 2.63 bits per heavy atom. The molecule has 0 aliphatic carbocycles. The van der Waals surface area contributed by atoms with Gasteiger partial charge in [-0.3, -0.25) is 4.79 Å². The van der Waals surface area contributed by atoms with Crippen molar-refractivity contribution in [2.75, 3.05) is 18.4 Å². The van der Waals surface area contributed by atoms with Gasteiger partial charge >= 0.3 is 0 Å². The second-order valence-corrected chi connectivity index (χ2v) is 5.03. The second-order valence-electron chi connectivity index (χ2n) is 4.59. The highest BCUT2D eigenvalue weighted by Gasteiger charge is 2.21. The Balaban J connectivity index is 2.36. The first-order chi connectivity index (χ1) is 8.99. The van der Waals surface area contributed by atoms with Gasteiger partial charge in [0.2, 0.25) is 5.91 Å². The van der Waals surface area contributed by atoms with E-state index in [1.165, 1.54) is 0 Å². The summed E-state index contributed by atoms with van der Waals surface area (Å²) in [5.74, 6) is -0.156. The number of aliphatic hydroxyl groups is 1. The van der Waals surface area contributed by atoms with Crippen LogP contribution < -0.4 is 10.6 Å². The molecule has 0 radical (unpaired) electrons. The lowest BCUT2D eigenvalue weighted by Gasteiger charge is -2.25. The number of nitrogens with one attached hydrogen (secondary N) is 2. The highest BCUT2D eigenvalue weighted by atomic mass is 35.5. The van der Waals surface area contributed by atoms with E-state index < -0.39 is 5.60 Å². The molecule has 0 saturated heterocycles. The maximum absolute atomic E-state index is 11.7. The summed E-state index contributed by atoms with van der Waals surface area (Å²) in [6, 6.07) is 6.99. The smallest absolute Gasteiger partial charge is 0.238 e. The number of rotatable bonds is 7. The lowest BCUT2D eigenvalue weighted by Crippen LogP contribution is -2.42. The van der Waals surface area contributed by atoms with Crippen molar-refractivity contribution < 1.29 is 9.90 Å². The van der Waals surface area contributed by atoms with Crippen LogP contribution in [0.25, 0.3) is 0 Å². The number of hydrogen-bond donors (Lipinski definition) is 3. The van der Waals surface area contributed by atoms with Crippen molar-refractivity contribution >= 4 is 23.2 Å². The summed E-state index contributed by atoms with van der Waals surface area (Å²) < 4.78 is 0. The summed E-state index contributed by atoms with van der Waals surface area (Å²) in [4.78, 5) is 11.7. The van der Waals surface area contributed by atoms with Gasteiger partial charge in [0.15, 0.2) is 0 Å². The van der Waals surface area contributed by atoms with E-state index in [0.29, 0.717) is 30.1 Å². The second kappa shape index (κ2) is 7.48. The molecule has 0 heterocycles. The Bertz CT molecular complexity index is 420. The average molecular weight is 285 g/mol. The lowest BCUT2D eigenvalue weighted by atomic mass is 9.98. The van der Waals surface area contributed by atoms with Crippen LogP contribution in [0.1, 0.15) is 26.7 Å². The minimum absolute atomic E-state index is 0.156. The van der Waals surface area contributed by atoms with Crippen LogP contribution in [0.15, 0.2) is 24.3 Å². The van der Waals surface area contributed by atoms with Gasteiger partial charge in [-0.2, -0.15) is 0 Å². The van der Waals surface area contributed by atoms with Crippen molar-refractivity contribution in [1.29, 1.82) is 0 Å². The molecule has 0 aliphatic heterocycles. The Hall–Kier alpha value is -1.10. The first-order valence-electron chi connectivity index (χ1n) is 6.47. The molecule has 4 nitrogen and oxygen atoms in total. The average Bonchev–Trinajstić information content (AvgIpc) is 2.38. The summed E-state index contributed by atoms with van der Waals surface area (Å²) in [5.41, 5.74) is -0.0726. The maximum atomic E-state index is 11.7. The SMILES string of the molecule is CCC(O)(CC)CNCC(=O)Nc1cccc(Cl)c1. The maximum Gasteiger partial charge on any atom is 0.238 e. The van der Waals surface area contributed by atoms with E-state index in [4.69, 9.17) is 11.6 Å². The molecule has 0 spiro atoms. The standard InChI is InChI=1S/C14H21ClN2O2/c1-3-14(19,4-2)10-16-9-13(18)17-12-7-5-6-11(15)8-12/h5-8,16,19H,3-4,9-10H2,1-2H3,(H,17,18). The number of carbonyl (C=O) groups is 1. The molecule has 5 heteroatoms. The topological polar surface area (TPSA) is 61.4 Å². The summed E-state index contributed by atoms with van der Waals surface area (Å²) in [6.45, 7) is 4.42. The van der Waals surface area contributed by atoms with Gasteiger partial charge in [-0.1, -0.05) is 31.5 Å². The summed E-state index contributed by atoms with van der Waals surface area (Å²) in [5, 5.41) is 16.3. The van der Waals surface area contributed by atoms with Crippen LogP contribution in [0.3, 0.4) is 0 Å². The molecular formula is C14H21ClN2O2. The minimum atomic E-state index is -0.740. The van der Waals surface area contributed by atoms with Gasteiger partial charge in [0, 0.05) is 17.3 Å². The number of carbonyl (C=O) groups excluding carboxylic acids is 1.